The van der Waals surface area contributed by atoms with E-state index in [9.17, 15) is 9.59 Å². The molecule has 1 fully saturated rings. The Morgan fingerprint density at radius 3 is 2.68 bits per heavy atom. The fraction of sp³-hybridized carbons (Fsp3) is 0.562. The maximum absolute atomic E-state index is 12.2. The van der Waals surface area contributed by atoms with Crippen LogP contribution in [0.4, 0.5) is 0 Å². The topological polar surface area (TPSA) is 71.1 Å². The van der Waals surface area contributed by atoms with Gasteiger partial charge in [0.25, 0.3) is 0 Å². The van der Waals surface area contributed by atoms with Crippen molar-refractivity contribution in [2.45, 2.75) is 43.4 Å². The Balaban J connectivity index is 1.84. The zero-order valence-electron chi connectivity index (χ0n) is 12.9. The van der Waals surface area contributed by atoms with E-state index in [4.69, 9.17) is 0 Å². The largest absolute Gasteiger partial charge is 0.357 e. The molecule has 6 heteroatoms. The molecule has 0 unspecified atom stereocenters. The molecular formula is C16H23N3O2S. The molecule has 2 rings (SSSR count). The van der Waals surface area contributed by atoms with Crippen LogP contribution in [0.1, 0.15) is 37.8 Å². The lowest BCUT2D eigenvalue weighted by molar-refractivity contribution is -0.133. The van der Waals surface area contributed by atoms with Crippen molar-refractivity contribution in [3.05, 3.63) is 30.1 Å². The van der Waals surface area contributed by atoms with Crippen LogP contribution in [0.2, 0.25) is 0 Å². The van der Waals surface area contributed by atoms with Crippen molar-refractivity contribution < 1.29 is 9.59 Å². The molecule has 0 spiro atoms. The number of likely N-dealkylation sites (N-methyl/N-ethyl adjacent to an activating group) is 1. The number of thioether (sulfide) groups is 1. The van der Waals surface area contributed by atoms with E-state index in [0.29, 0.717) is 11.5 Å². The van der Waals surface area contributed by atoms with Crippen molar-refractivity contribution in [2.24, 2.45) is 0 Å². The van der Waals surface area contributed by atoms with E-state index in [-0.39, 0.29) is 11.8 Å². The summed E-state index contributed by atoms with van der Waals surface area (Å²) in [4.78, 5) is 28.6. The molecule has 1 aliphatic carbocycles. The van der Waals surface area contributed by atoms with Gasteiger partial charge in [0, 0.05) is 19.0 Å². The van der Waals surface area contributed by atoms with Gasteiger partial charge in [-0.1, -0.05) is 25.3 Å². The normalized spacial score (nSPS) is 16.8. The van der Waals surface area contributed by atoms with Crippen molar-refractivity contribution in [3.8, 4) is 0 Å². The molecule has 1 aromatic rings. The molecule has 0 saturated heterocycles. The van der Waals surface area contributed by atoms with Crippen LogP contribution < -0.4 is 10.6 Å². The average Bonchev–Trinajstić information content (AvgIpc) is 2.56. The molecule has 1 aliphatic rings. The van der Waals surface area contributed by atoms with Crippen molar-refractivity contribution >= 4 is 23.6 Å². The van der Waals surface area contributed by atoms with Gasteiger partial charge < -0.3 is 10.6 Å². The molecule has 2 N–H and O–H groups in total. The summed E-state index contributed by atoms with van der Waals surface area (Å²) in [5, 5.41) is 5.67. The molecule has 1 heterocycles. The highest BCUT2D eigenvalue weighted by atomic mass is 32.2. The summed E-state index contributed by atoms with van der Waals surface area (Å²) in [5.41, 5.74) is 0.245. The molecule has 5 nitrogen and oxygen atoms in total. The first kappa shape index (κ1) is 16.8. The van der Waals surface area contributed by atoms with Crippen LogP contribution in [-0.2, 0) is 15.3 Å². The minimum Gasteiger partial charge on any atom is -0.357 e. The Morgan fingerprint density at radius 1 is 1.27 bits per heavy atom. The Morgan fingerprint density at radius 2 is 2.05 bits per heavy atom. The summed E-state index contributed by atoms with van der Waals surface area (Å²) in [6.45, 7) is 0. The minimum atomic E-state index is -0.713. The van der Waals surface area contributed by atoms with Crippen LogP contribution in [0.5, 0.6) is 0 Å². The summed E-state index contributed by atoms with van der Waals surface area (Å²) in [7, 11) is 1.63. The SMILES string of the molecule is CNC(=O)C1(NC(=O)CSCc2ccccn2)CCCCC1. The number of amides is 2. The van der Waals surface area contributed by atoms with Gasteiger partial charge in [0.2, 0.25) is 11.8 Å². The lowest BCUT2D eigenvalue weighted by atomic mass is 9.81. The van der Waals surface area contributed by atoms with Gasteiger partial charge in [0.1, 0.15) is 5.54 Å². The standard InChI is InChI=1S/C16H23N3O2S/c1-17-15(21)16(8-4-2-5-9-16)19-14(20)12-22-11-13-7-3-6-10-18-13/h3,6-7,10H,2,4-5,8-9,11-12H2,1H3,(H,17,21)(H,19,20). The molecule has 0 aromatic carbocycles. The van der Waals surface area contributed by atoms with Gasteiger partial charge in [-0.25, -0.2) is 0 Å². The predicted molar refractivity (Wildman–Crippen MR) is 88.4 cm³/mol. The molecule has 1 aromatic heterocycles. The van der Waals surface area contributed by atoms with Gasteiger partial charge in [0.05, 0.1) is 11.4 Å². The summed E-state index contributed by atoms with van der Waals surface area (Å²) >= 11 is 1.51. The van der Waals surface area contributed by atoms with Gasteiger partial charge in [-0.3, -0.25) is 14.6 Å². The number of hydrogen-bond donors (Lipinski definition) is 2. The molecule has 1 saturated carbocycles. The lowest BCUT2D eigenvalue weighted by Crippen LogP contribution is -2.59. The Kier molecular flexibility index (Phi) is 6.24. The van der Waals surface area contributed by atoms with E-state index in [0.717, 1.165) is 37.8 Å². The highest BCUT2D eigenvalue weighted by Gasteiger charge is 2.39. The van der Waals surface area contributed by atoms with Crippen LogP contribution in [0.25, 0.3) is 0 Å². The maximum Gasteiger partial charge on any atom is 0.245 e. The van der Waals surface area contributed by atoms with Crippen molar-refractivity contribution in [3.63, 3.8) is 0 Å². The summed E-state index contributed by atoms with van der Waals surface area (Å²) < 4.78 is 0. The number of pyridine rings is 1. The number of carbonyl (C=O) groups is 2. The second-order valence-corrected chi connectivity index (χ2v) is 6.57. The number of carbonyl (C=O) groups excluding carboxylic acids is 2. The molecule has 120 valence electrons. The first-order valence-electron chi connectivity index (χ1n) is 7.67. The smallest absolute Gasteiger partial charge is 0.245 e. The van der Waals surface area contributed by atoms with E-state index in [1.54, 1.807) is 13.2 Å². The maximum atomic E-state index is 12.2. The second kappa shape index (κ2) is 8.17. The van der Waals surface area contributed by atoms with Gasteiger partial charge in [0.15, 0.2) is 0 Å². The fourth-order valence-electron chi connectivity index (χ4n) is 2.84. The predicted octanol–water partition coefficient (Wildman–Crippen LogP) is 1.88. The van der Waals surface area contributed by atoms with Crippen LogP contribution in [0.15, 0.2) is 24.4 Å². The third-order valence-electron chi connectivity index (χ3n) is 3.96. The minimum absolute atomic E-state index is 0.0738. The monoisotopic (exact) mass is 321 g/mol. The molecule has 0 bridgehead atoms. The van der Waals surface area contributed by atoms with Gasteiger partial charge in [-0.05, 0) is 25.0 Å². The number of rotatable bonds is 6. The first-order valence-corrected chi connectivity index (χ1v) is 8.82. The summed E-state index contributed by atoms with van der Waals surface area (Å²) in [6, 6.07) is 5.75. The quantitative estimate of drug-likeness (QED) is 0.839. The molecule has 2 amide bonds. The van der Waals surface area contributed by atoms with Crippen molar-refractivity contribution in [1.82, 2.24) is 15.6 Å². The third-order valence-corrected chi connectivity index (χ3v) is 4.92. The number of nitrogens with one attached hydrogen (secondary N) is 2. The molecular weight excluding hydrogens is 298 g/mol. The number of aromatic nitrogens is 1. The number of nitrogens with zero attached hydrogens (tertiary/aromatic N) is 1. The zero-order chi connectivity index (χ0) is 15.8. The molecule has 22 heavy (non-hydrogen) atoms. The van der Waals surface area contributed by atoms with E-state index in [1.807, 2.05) is 18.2 Å². The average molecular weight is 321 g/mol. The van der Waals surface area contributed by atoms with E-state index < -0.39 is 5.54 Å². The number of hydrogen-bond acceptors (Lipinski definition) is 4. The summed E-state index contributed by atoms with van der Waals surface area (Å²) in [5.74, 6) is 0.887. The highest BCUT2D eigenvalue weighted by molar-refractivity contribution is 7.99. The second-order valence-electron chi connectivity index (χ2n) is 5.58. The summed E-state index contributed by atoms with van der Waals surface area (Å²) in [6.07, 6.45) is 6.29. The molecule has 0 aliphatic heterocycles. The van der Waals surface area contributed by atoms with E-state index >= 15 is 0 Å². The van der Waals surface area contributed by atoms with Gasteiger partial charge in [-0.2, -0.15) is 0 Å². The Hall–Kier alpha value is -1.56. The van der Waals surface area contributed by atoms with E-state index in [2.05, 4.69) is 15.6 Å². The molecule has 0 atom stereocenters. The van der Waals surface area contributed by atoms with Crippen LogP contribution in [-0.4, -0.2) is 35.1 Å². The van der Waals surface area contributed by atoms with Crippen molar-refractivity contribution in [2.75, 3.05) is 12.8 Å². The van der Waals surface area contributed by atoms with Crippen LogP contribution >= 0.6 is 11.8 Å². The van der Waals surface area contributed by atoms with Crippen LogP contribution in [0.3, 0.4) is 0 Å². The van der Waals surface area contributed by atoms with E-state index in [1.165, 1.54) is 11.8 Å². The Labute approximate surface area is 135 Å². The van der Waals surface area contributed by atoms with Crippen LogP contribution in [0, 0.1) is 0 Å². The van der Waals surface area contributed by atoms with Crippen molar-refractivity contribution in [1.29, 1.82) is 0 Å². The third kappa shape index (κ3) is 4.47. The fourth-order valence-corrected chi connectivity index (χ4v) is 3.58. The molecule has 0 radical (unpaired) electrons. The lowest BCUT2D eigenvalue weighted by Gasteiger charge is -2.36. The first-order chi connectivity index (χ1) is 10.7. The van der Waals surface area contributed by atoms with Gasteiger partial charge in [-0.15, -0.1) is 11.8 Å². The Bertz CT molecular complexity index is 501. The van der Waals surface area contributed by atoms with Gasteiger partial charge >= 0.3 is 0 Å². The zero-order valence-corrected chi connectivity index (χ0v) is 13.7. The highest BCUT2D eigenvalue weighted by Crippen LogP contribution is 2.28.